The molecule has 1 aliphatic heterocycles. The molecule has 1 saturated carbocycles. The van der Waals surface area contributed by atoms with Crippen molar-refractivity contribution < 1.29 is 14.3 Å². The molecule has 0 spiro atoms. The third-order valence-electron chi connectivity index (χ3n) is 4.96. The molecule has 3 rings (SSSR count). The zero-order valence-corrected chi connectivity index (χ0v) is 18.5. The fourth-order valence-corrected chi connectivity index (χ4v) is 3.91. The topological polar surface area (TPSA) is 92.4 Å². The smallest absolute Gasteiger partial charge is 0.410 e. The van der Waals surface area contributed by atoms with Gasteiger partial charge < -0.3 is 19.7 Å². The summed E-state index contributed by atoms with van der Waals surface area (Å²) in [6, 6.07) is 2.07. The first-order valence-corrected chi connectivity index (χ1v) is 10.4. The van der Waals surface area contributed by atoms with E-state index in [0.29, 0.717) is 41.5 Å². The van der Waals surface area contributed by atoms with E-state index in [2.05, 4.69) is 32.4 Å². The van der Waals surface area contributed by atoms with Crippen LogP contribution in [0.15, 0.2) is 4.60 Å². The molecule has 2 heterocycles. The number of halogens is 1. The second kappa shape index (κ2) is 8.29. The normalized spacial score (nSPS) is 22.2. The van der Waals surface area contributed by atoms with Crippen LogP contribution in [-0.4, -0.2) is 59.2 Å². The van der Waals surface area contributed by atoms with E-state index in [4.69, 9.17) is 9.47 Å². The van der Waals surface area contributed by atoms with Crippen molar-refractivity contribution >= 4 is 27.8 Å². The summed E-state index contributed by atoms with van der Waals surface area (Å²) in [5.41, 5.74) is -0.0633. The Morgan fingerprint density at radius 3 is 2.71 bits per heavy atom. The van der Waals surface area contributed by atoms with Crippen molar-refractivity contribution in [3.63, 3.8) is 0 Å². The molecule has 1 N–H and O–H groups in total. The first kappa shape index (κ1) is 20.9. The van der Waals surface area contributed by atoms with Gasteiger partial charge >= 0.3 is 6.09 Å². The van der Waals surface area contributed by atoms with Gasteiger partial charge in [-0.15, -0.1) is 0 Å². The molecule has 1 saturated heterocycles. The van der Waals surface area contributed by atoms with E-state index >= 15 is 0 Å². The highest BCUT2D eigenvalue weighted by molar-refractivity contribution is 9.10. The highest BCUT2D eigenvalue weighted by Crippen LogP contribution is 2.36. The van der Waals surface area contributed by atoms with E-state index in [-0.39, 0.29) is 18.2 Å². The van der Waals surface area contributed by atoms with Crippen LogP contribution in [0, 0.1) is 17.2 Å². The van der Waals surface area contributed by atoms with Gasteiger partial charge in [-0.1, -0.05) is 0 Å². The molecule has 0 unspecified atom stereocenters. The van der Waals surface area contributed by atoms with Crippen molar-refractivity contribution in [1.29, 1.82) is 5.26 Å². The lowest BCUT2D eigenvalue weighted by Crippen LogP contribution is -2.41. The van der Waals surface area contributed by atoms with Gasteiger partial charge in [-0.2, -0.15) is 10.4 Å². The average molecular weight is 454 g/mol. The molecular weight excluding hydrogens is 426 g/mol. The van der Waals surface area contributed by atoms with Crippen LogP contribution < -0.4 is 5.32 Å². The van der Waals surface area contributed by atoms with Gasteiger partial charge in [-0.05, 0) is 61.9 Å². The Balaban J connectivity index is 1.83. The van der Waals surface area contributed by atoms with Crippen LogP contribution in [0.5, 0.6) is 0 Å². The summed E-state index contributed by atoms with van der Waals surface area (Å²) in [5, 5.41) is 17.5. The molecule has 2 atom stereocenters. The molecule has 0 aromatic carbocycles. The van der Waals surface area contributed by atoms with Crippen molar-refractivity contribution in [3.05, 3.63) is 10.2 Å². The first-order chi connectivity index (χ1) is 13.2. The maximum atomic E-state index is 12.7. The Morgan fingerprint density at radius 1 is 1.43 bits per heavy atom. The number of carbonyl (C=O) groups is 1. The molecule has 1 aromatic rings. The molecule has 154 valence electrons. The Morgan fingerprint density at radius 2 is 2.14 bits per heavy atom. The number of ether oxygens (including phenoxy) is 2. The predicted octanol–water partition coefficient (Wildman–Crippen LogP) is 3.54. The number of nitrogens with zero attached hydrogens (tertiary/aromatic N) is 4. The van der Waals surface area contributed by atoms with Gasteiger partial charge in [0.2, 0.25) is 0 Å². The van der Waals surface area contributed by atoms with E-state index in [1.807, 2.05) is 25.5 Å². The molecule has 28 heavy (non-hydrogen) atoms. The molecule has 2 aliphatic rings. The van der Waals surface area contributed by atoms with E-state index in [1.54, 1.807) is 12.0 Å². The number of rotatable bonds is 6. The standard InChI is InChI=1S/C19H28BrN5O3/c1-19(2,3)28-18(26)24-10-13(7-14(24)11-27-4)25-17(22-9-12-5-6-12)15(8-21)16(20)23-25/h12-14,22H,5-7,9-11H2,1-4H3/t13-,14+/m0/s1. The third-order valence-corrected chi connectivity index (χ3v) is 5.52. The van der Waals surface area contributed by atoms with Crippen molar-refractivity contribution in [1.82, 2.24) is 14.7 Å². The van der Waals surface area contributed by atoms with Gasteiger partial charge in [-0.3, -0.25) is 0 Å². The van der Waals surface area contributed by atoms with Crippen molar-refractivity contribution in [2.24, 2.45) is 5.92 Å². The molecule has 0 radical (unpaired) electrons. The predicted molar refractivity (Wildman–Crippen MR) is 108 cm³/mol. The Labute approximate surface area is 174 Å². The molecule has 1 aliphatic carbocycles. The largest absolute Gasteiger partial charge is 0.444 e. The monoisotopic (exact) mass is 453 g/mol. The second-order valence-electron chi connectivity index (χ2n) is 8.53. The number of carbonyl (C=O) groups excluding carboxylic acids is 1. The number of nitriles is 1. The molecule has 1 aromatic heterocycles. The maximum absolute atomic E-state index is 12.7. The molecule has 1 amide bonds. The van der Waals surface area contributed by atoms with Crippen LogP contribution >= 0.6 is 15.9 Å². The Bertz CT molecular complexity index is 763. The number of aromatic nitrogens is 2. The summed E-state index contributed by atoms with van der Waals surface area (Å²) in [7, 11) is 1.63. The van der Waals surface area contributed by atoms with Gasteiger partial charge in [-0.25, -0.2) is 9.48 Å². The van der Waals surface area contributed by atoms with Crippen LogP contribution in [0.25, 0.3) is 0 Å². The molecular formula is C19H28BrN5O3. The van der Waals surface area contributed by atoms with E-state index in [0.717, 1.165) is 6.54 Å². The fraction of sp³-hybridized carbons (Fsp3) is 0.737. The second-order valence-corrected chi connectivity index (χ2v) is 9.28. The Hall–Kier alpha value is -1.79. The number of methoxy groups -OCH3 is 1. The quantitative estimate of drug-likeness (QED) is 0.707. The minimum Gasteiger partial charge on any atom is -0.444 e. The van der Waals surface area contributed by atoms with Crippen LogP contribution in [0.4, 0.5) is 10.6 Å². The van der Waals surface area contributed by atoms with Gasteiger partial charge in [0, 0.05) is 20.2 Å². The summed E-state index contributed by atoms with van der Waals surface area (Å²) in [6.45, 7) is 7.28. The van der Waals surface area contributed by atoms with Crippen molar-refractivity contribution in [2.45, 2.75) is 57.7 Å². The number of likely N-dealkylation sites (tertiary alicyclic amines) is 1. The molecule has 8 nitrogen and oxygen atoms in total. The summed E-state index contributed by atoms with van der Waals surface area (Å²) >= 11 is 3.40. The zero-order chi connectivity index (χ0) is 20.5. The number of hydrogen-bond acceptors (Lipinski definition) is 6. The lowest BCUT2D eigenvalue weighted by Gasteiger charge is -2.28. The number of hydrogen-bond donors (Lipinski definition) is 1. The van der Waals surface area contributed by atoms with Crippen LogP contribution in [0.1, 0.15) is 51.6 Å². The molecule has 0 bridgehead atoms. The molecule has 2 fully saturated rings. The van der Waals surface area contributed by atoms with Crippen molar-refractivity contribution in [3.8, 4) is 6.07 Å². The minimum absolute atomic E-state index is 0.0622. The Kier molecular flexibility index (Phi) is 6.20. The summed E-state index contributed by atoms with van der Waals surface area (Å²) in [6.07, 6.45) is 2.77. The van der Waals surface area contributed by atoms with E-state index in [9.17, 15) is 10.1 Å². The van der Waals surface area contributed by atoms with Crippen LogP contribution in [-0.2, 0) is 9.47 Å². The SMILES string of the molecule is COC[C@H]1C[C@H](n2nc(Br)c(C#N)c2NCC2CC2)CN1C(=O)OC(C)(C)C. The van der Waals surface area contributed by atoms with E-state index < -0.39 is 5.60 Å². The van der Waals surface area contributed by atoms with Gasteiger partial charge in [0.05, 0.1) is 18.7 Å². The maximum Gasteiger partial charge on any atom is 0.410 e. The van der Waals surface area contributed by atoms with Crippen molar-refractivity contribution in [2.75, 3.05) is 32.1 Å². The van der Waals surface area contributed by atoms with E-state index in [1.165, 1.54) is 12.8 Å². The number of anilines is 1. The van der Waals surface area contributed by atoms with Gasteiger partial charge in [0.25, 0.3) is 0 Å². The van der Waals surface area contributed by atoms with Gasteiger partial charge in [0.15, 0.2) is 0 Å². The average Bonchev–Trinajstić information content (AvgIpc) is 3.24. The number of amides is 1. The lowest BCUT2D eigenvalue weighted by molar-refractivity contribution is 0.0145. The van der Waals surface area contributed by atoms with Crippen LogP contribution in [0.3, 0.4) is 0 Å². The summed E-state index contributed by atoms with van der Waals surface area (Å²) in [4.78, 5) is 14.4. The zero-order valence-electron chi connectivity index (χ0n) is 16.9. The third kappa shape index (κ3) is 4.78. The van der Waals surface area contributed by atoms with Crippen LogP contribution in [0.2, 0.25) is 0 Å². The lowest BCUT2D eigenvalue weighted by atomic mass is 10.2. The summed E-state index contributed by atoms with van der Waals surface area (Å²) < 4.78 is 13.3. The fourth-order valence-electron chi connectivity index (χ4n) is 3.47. The van der Waals surface area contributed by atoms with Gasteiger partial charge in [0.1, 0.15) is 27.7 Å². The minimum atomic E-state index is -0.563. The summed E-state index contributed by atoms with van der Waals surface area (Å²) in [5.74, 6) is 1.38. The highest BCUT2D eigenvalue weighted by Gasteiger charge is 2.40. The molecule has 9 heteroatoms. The first-order valence-electron chi connectivity index (χ1n) is 9.64. The number of nitrogens with one attached hydrogen (secondary N) is 1. The highest BCUT2D eigenvalue weighted by atomic mass is 79.9.